The number of amides is 1. The Hall–Kier alpha value is -1.79. The van der Waals surface area contributed by atoms with Gasteiger partial charge in [0, 0.05) is 18.9 Å². The van der Waals surface area contributed by atoms with E-state index in [4.69, 9.17) is 0 Å². The molecule has 0 aliphatic carbocycles. The summed E-state index contributed by atoms with van der Waals surface area (Å²) in [5.74, 6) is 1.87. The fourth-order valence-corrected chi connectivity index (χ4v) is 3.88. The number of aliphatic hydroxyl groups is 1. The third-order valence-electron chi connectivity index (χ3n) is 4.11. The van der Waals surface area contributed by atoms with Gasteiger partial charge in [-0.2, -0.15) is 16.9 Å². The number of nitrogens with zero attached hydrogens (tertiary/aromatic N) is 2. The number of benzene rings is 1. The Morgan fingerprint density at radius 1 is 1.30 bits per heavy atom. The van der Waals surface area contributed by atoms with Crippen molar-refractivity contribution in [2.45, 2.75) is 24.9 Å². The number of carbonyl (C=O) groups excluding carboxylic acids is 1. The normalized spacial score (nSPS) is 16.9. The van der Waals surface area contributed by atoms with Crippen LogP contribution in [0.2, 0.25) is 0 Å². The van der Waals surface area contributed by atoms with Gasteiger partial charge in [0.05, 0.1) is 17.7 Å². The second kappa shape index (κ2) is 7.19. The minimum atomic E-state index is -0.731. The molecule has 1 fully saturated rings. The third kappa shape index (κ3) is 4.36. The van der Waals surface area contributed by atoms with Gasteiger partial charge in [-0.3, -0.25) is 4.79 Å². The average molecular weight is 331 g/mol. The van der Waals surface area contributed by atoms with E-state index in [1.165, 1.54) is 0 Å². The summed E-state index contributed by atoms with van der Waals surface area (Å²) >= 11 is 1.85. The van der Waals surface area contributed by atoms with Crippen LogP contribution in [0.1, 0.15) is 18.4 Å². The van der Waals surface area contributed by atoms with Gasteiger partial charge in [-0.15, -0.1) is 0 Å². The summed E-state index contributed by atoms with van der Waals surface area (Å²) in [6.07, 6.45) is 5.43. The van der Waals surface area contributed by atoms with Crippen LogP contribution in [-0.4, -0.2) is 44.4 Å². The predicted molar refractivity (Wildman–Crippen MR) is 91.8 cm³/mol. The molecule has 1 saturated heterocycles. The van der Waals surface area contributed by atoms with Gasteiger partial charge in [-0.25, -0.2) is 4.68 Å². The quantitative estimate of drug-likeness (QED) is 0.876. The second-order valence-corrected chi connectivity index (χ2v) is 7.13. The maximum Gasteiger partial charge on any atom is 0.224 e. The lowest BCUT2D eigenvalue weighted by molar-refractivity contribution is -0.121. The van der Waals surface area contributed by atoms with Crippen LogP contribution in [0.15, 0.2) is 42.7 Å². The van der Waals surface area contributed by atoms with Gasteiger partial charge >= 0.3 is 0 Å². The molecule has 0 atom stereocenters. The van der Waals surface area contributed by atoms with Crippen LogP contribution in [0, 0.1) is 0 Å². The topological polar surface area (TPSA) is 67.2 Å². The molecule has 1 aliphatic rings. The smallest absolute Gasteiger partial charge is 0.224 e. The van der Waals surface area contributed by atoms with E-state index in [0.29, 0.717) is 13.0 Å². The molecule has 5 nitrogen and oxygen atoms in total. The van der Waals surface area contributed by atoms with Crippen molar-refractivity contribution in [2.24, 2.45) is 0 Å². The van der Waals surface area contributed by atoms with Crippen molar-refractivity contribution < 1.29 is 9.90 Å². The molecule has 1 aromatic heterocycles. The molecule has 3 rings (SSSR count). The number of nitrogens with one attached hydrogen (secondary N) is 1. The van der Waals surface area contributed by atoms with Gasteiger partial charge in [0.15, 0.2) is 0 Å². The lowest BCUT2D eigenvalue weighted by Gasteiger charge is -2.31. The van der Waals surface area contributed by atoms with E-state index in [2.05, 4.69) is 10.4 Å². The number of hydrogen-bond acceptors (Lipinski definition) is 4. The largest absolute Gasteiger partial charge is 0.388 e. The van der Waals surface area contributed by atoms with Crippen molar-refractivity contribution in [3.63, 3.8) is 0 Å². The molecule has 2 N–H and O–H groups in total. The second-order valence-electron chi connectivity index (χ2n) is 5.91. The lowest BCUT2D eigenvalue weighted by atomic mass is 9.97. The minimum Gasteiger partial charge on any atom is -0.388 e. The SMILES string of the molecule is O=C(Cc1ccc(-n2cccn2)cc1)NCC1(O)CCSCC1. The van der Waals surface area contributed by atoms with Gasteiger partial charge in [0.1, 0.15) is 0 Å². The zero-order chi connectivity index (χ0) is 16.1. The van der Waals surface area contributed by atoms with Crippen LogP contribution in [0.5, 0.6) is 0 Å². The van der Waals surface area contributed by atoms with E-state index in [1.54, 1.807) is 10.9 Å². The first-order valence-electron chi connectivity index (χ1n) is 7.80. The number of rotatable bonds is 5. The van der Waals surface area contributed by atoms with Gasteiger partial charge in [-0.05, 0) is 48.1 Å². The van der Waals surface area contributed by atoms with Crippen molar-refractivity contribution >= 4 is 17.7 Å². The van der Waals surface area contributed by atoms with E-state index < -0.39 is 5.60 Å². The van der Waals surface area contributed by atoms with Crippen LogP contribution in [0.25, 0.3) is 5.69 Å². The highest BCUT2D eigenvalue weighted by atomic mass is 32.2. The summed E-state index contributed by atoms with van der Waals surface area (Å²) in [6.45, 7) is 0.345. The molecule has 0 bridgehead atoms. The first-order chi connectivity index (χ1) is 11.1. The molecule has 2 aromatic rings. The monoisotopic (exact) mass is 331 g/mol. The van der Waals surface area contributed by atoms with Crippen molar-refractivity contribution in [2.75, 3.05) is 18.1 Å². The Labute approximate surface area is 140 Å². The molecule has 23 heavy (non-hydrogen) atoms. The number of carbonyl (C=O) groups is 1. The van der Waals surface area contributed by atoms with Gasteiger partial charge in [0.25, 0.3) is 0 Å². The standard InChI is InChI=1S/C17H21N3O2S/c21-16(18-13-17(22)6-10-23-11-7-17)12-14-2-4-15(5-3-14)20-9-1-8-19-20/h1-5,8-9,22H,6-7,10-13H2,(H,18,21). The van der Waals surface area contributed by atoms with E-state index in [0.717, 1.165) is 35.6 Å². The Morgan fingerprint density at radius 3 is 2.70 bits per heavy atom. The van der Waals surface area contributed by atoms with E-state index in [-0.39, 0.29) is 5.91 Å². The van der Waals surface area contributed by atoms with Crippen LogP contribution >= 0.6 is 11.8 Å². The van der Waals surface area contributed by atoms with Crippen LogP contribution in [0.4, 0.5) is 0 Å². The van der Waals surface area contributed by atoms with E-state index in [1.807, 2.05) is 48.3 Å². The van der Waals surface area contributed by atoms with Crippen LogP contribution < -0.4 is 5.32 Å². The van der Waals surface area contributed by atoms with Crippen LogP contribution in [-0.2, 0) is 11.2 Å². The van der Waals surface area contributed by atoms with Crippen molar-refractivity contribution in [3.05, 3.63) is 48.3 Å². The van der Waals surface area contributed by atoms with E-state index in [9.17, 15) is 9.90 Å². The first-order valence-corrected chi connectivity index (χ1v) is 8.96. The lowest BCUT2D eigenvalue weighted by Crippen LogP contribution is -2.45. The summed E-state index contributed by atoms with van der Waals surface area (Å²) in [7, 11) is 0. The Balaban J connectivity index is 1.51. The molecule has 1 amide bonds. The van der Waals surface area contributed by atoms with Crippen molar-refractivity contribution in [1.82, 2.24) is 15.1 Å². The van der Waals surface area contributed by atoms with E-state index >= 15 is 0 Å². The number of hydrogen-bond donors (Lipinski definition) is 2. The zero-order valence-corrected chi connectivity index (χ0v) is 13.8. The molecule has 0 radical (unpaired) electrons. The molecule has 0 spiro atoms. The summed E-state index contributed by atoms with van der Waals surface area (Å²) in [5, 5.41) is 17.4. The van der Waals surface area contributed by atoms with Crippen molar-refractivity contribution in [1.29, 1.82) is 0 Å². The number of aromatic nitrogens is 2. The molecule has 122 valence electrons. The molecule has 2 heterocycles. The average Bonchev–Trinajstić information content (AvgIpc) is 3.09. The highest BCUT2D eigenvalue weighted by molar-refractivity contribution is 7.99. The van der Waals surface area contributed by atoms with Crippen LogP contribution in [0.3, 0.4) is 0 Å². The fourth-order valence-electron chi connectivity index (χ4n) is 2.63. The maximum atomic E-state index is 12.1. The summed E-state index contributed by atoms with van der Waals surface area (Å²) in [6, 6.07) is 9.63. The predicted octanol–water partition coefficient (Wildman–Crippen LogP) is 1.79. The molecule has 0 unspecified atom stereocenters. The fraction of sp³-hybridized carbons (Fsp3) is 0.412. The summed E-state index contributed by atoms with van der Waals surface area (Å²) < 4.78 is 1.78. The molecular weight excluding hydrogens is 310 g/mol. The molecule has 6 heteroatoms. The summed E-state index contributed by atoms with van der Waals surface area (Å²) in [4.78, 5) is 12.1. The molecule has 0 saturated carbocycles. The van der Waals surface area contributed by atoms with Gasteiger partial charge in [0.2, 0.25) is 5.91 Å². The van der Waals surface area contributed by atoms with Crippen molar-refractivity contribution in [3.8, 4) is 5.69 Å². The van der Waals surface area contributed by atoms with Gasteiger partial charge in [-0.1, -0.05) is 12.1 Å². The molecular formula is C17H21N3O2S. The first kappa shape index (κ1) is 16.1. The molecule has 1 aromatic carbocycles. The Morgan fingerprint density at radius 2 is 2.04 bits per heavy atom. The Kier molecular flexibility index (Phi) is 5.03. The summed E-state index contributed by atoms with van der Waals surface area (Å²) in [5.41, 5.74) is 1.18. The minimum absolute atomic E-state index is 0.0523. The highest BCUT2D eigenvalue weighted by Crippen LogP contribution is 2.26. The Bertz CT molecular complexity index is 634. The highest BCUT2D eigenvalue weighted by Gasteiger charge is 2.29. The third-order valence-corrected chi connectivity index (χ3v) is 5.09. The maximum absolute atomic E-state index is 12.1. The number of thioether (sulfide) groups is 1. The zero-order valence-electron chi connectivity index (χ0n) is 12.9. The van der Waals surface area contributed by atoms with Gasteiger partial charge < -0.3 is 10.4 Å². The molecule has 1 aliphatic heterocycles.